The van der Waals surface area contributed by atoms with Gasteiger partial charge in [-0.1, -0.05) is 36.4 Å². The molecule has 10 nitrogen and oxygen atoms in total. The first-order valence-corrected chi connectivity index (χ1v) is 13.8. The number of methoxy groups -OCH3 is 3. The van der Waals surface area contributed by atoms with Crippen molar-refractivity contribution >= 4 is 17.7 Å². The number of nitrogens with one attached hydrogen (secondary N) is 1. The Morgan fingerprint density at radius 3 is 2.07 bits per heavy atom. The Balaban J connectivity index is 1.38. The van der Waals surface area contributed by atoms with Gasteiger partial charge in [-0.3, -0.25) is 19.3 Å². The molecule has 220 valence electrons. The number of carbonyl (C=O) groups is 3. The van der Waals surface area contributed by atoms with Gasteiger partial charge in [0.15, 0.2) is 0 Å². The van der Waals surface area contributed by atoms with Crippen LogP contribution in [0.3, 0.4) is 0 Å². The maximum Gasteiger partial charge on any atom is 0.261 e. The second-order valence-corrected chi connectivity index (χ2v) is 10.2. The lowest BCUT2D eigenvalue weighted by Gasteiger charge is -2.44. The fourth-order valence-corrected chi connectivity index (χ4v) is 5.62. The molecule has 2 saturated heterocycles. The summed E-state index contributed by atoms with van der Waals surface area (Å²) in [6.45, 7) is 1.00. The zero-order valence-corrected chi connectivity index (χ0v) is 24.0. The molecule has 3 aromatic carbocycles. The standard InChI is InChI=1S/C32H35N3O7/c1-39-24-14-12-23(13-15-24)30(37)35-25(29(36)33-20-22-8-5-4-6-9-22)21-42-32(35)16-18-34(19-17-32)31(38)28-26(40-2)10-7-11-27(28)41-3/h4-15,25H,16-21H2,1-3H3,(H,33,36). The van der Waals surface area contributed by atoms with Gasteiger partial charge in [0.25, 0.3) is 11.8 Å². The fourth-order valence-electron chi connectivity index (χ4n) is 5.62. The molecule has 0 aliphatic carbocycles. The fraction of sp³-hybridized carbons (Fsp3) is 0.344. The van der Waals surface area contributed by atoms with Crippen molar-refractivity contribution in [3.05, 3.63) is 89.5 Å². The van der Waals surface area contributed by atoms with Crippen molar-refractivity contribution in [2.24, 2.45) is 0 Å². The van der Waals surface area contributed by atoms with Crippen molar-refractivity contribution in [2.45, 2.75) is 31.2 Å². The van der Waals surface area contributed by atoms with Gasteiger partial charge in [-0.2, -0.15) is 0 Å². The number of hydrogen-bond acceptors (Lipinski definition) is 7. The number of hydrogen-bond donors (Lipinski definition) is 1. The molecule has 0 saturated carbocycles. The Labute approximate surface area is 245 Å². The third-order valence-corrected chi connectivity index (χ3v) is 7.90. The molecule has 2 aliphatic rings. The van der Waals surface area contributed by atoms with Crippen molar-refractivity contribution in [1.82, 2.24) is 15.1 Å². The number of carbonyl (C=O) groups excluding carboxylic acids is 3. The number of benzene rings is 3. The van der Waals surface area contributed by atoms with Gasteiger partial charge in [0.05, 0.1) is 27.9 Å². The minimum Gasteiger partial charge on any atom is -0.497 e. The van der Waals surface area contributed by atoms with E-state index in [1.54, 1.807) is 59.4 Å². The van der Waals surface area contributed by atoms with Crippen LogP contribution in [0.25, 0.3) is 0 Å². The van der Waals surface area contributed by atoms with E-state index in [1.807, 2.05) is 30.3 Å². The summed E-state index contributed by atoms with van der Waals surface area (Å²) in [6, 6.07) is 20.7. The van der Waals surface area contributed by atoms with Gasteiger partial charge < -0.3 is 29.2 Å². The third kappa shape index (κ3) is 5.62. The molecule has 3 aromatic rings. The lowest BCUT2D eigenvalue weighted by molar-refractivity contribution is -0.128. The van der Waals surface area contributed by atoms with Crippen molar-refractivity contribution in [3.8, 4) is 17.2 Å². The average molecular weight is 574 g/mol. The first kappa shape index (κ1) is 28.9. The van der Waals surface area contributed by atoms with Gasteiger partial charge in [0.1, 0.15) is 34.6 Å². The molecule has 0 radical (unpaired) electrons. The van der Waals surface area contributed by atoms with Crippen molar-refractivity contribution in [3.63, 3.8) is 0 Å². The van der Waals surface area contributed by atoms with Crippen molar-refractivity contribution in [2.75, 3.05) is 41.0 Å². The molecule has 42 heavy (non-hydrogen) atoms. The predicted molar refractivity (Wildman–Crippen MR) is 155 cm³/mol. The number of nitrogens with zero attached hydrogens (tertiary/aromatic N) is 2. The molecule has 2 aliphatic heterocycles. The minimum absolute atomic E-state index is 0.0524. The Kier molecular flexibility index (Phi) is 8.63. The summed E-state index contributed by atoms with van der Waals surface area (Å²) in [6.07, 6.45) is 0.668. The molecule has 0 aromatic heterocycles. The van der Waals surface area contributed by atoms with Gasteiger partial charge in [-0.15, -0.1) is 0 Å². The maximum atomic E-state index is 14.0. The molecule has 10 heteroatoms. The normalized spacial score (nSPS) is 17.5. The highest BCUT2D eigenvalue weighted by Gasteiger charge is 2.54. The van der Waals surface area contributed by atoms with E-state index in [0.29, 0.717) is 60.9 Å². The molecule has 1 atom stereocenters. The molecule has 0 bridgehead atoms. The second-order valence-electron chi connectivity index (χ2n) is 10.2. The smallest absolute Gasteiger partial charge is 0.261 e. The Bertz CT molecular complexity index is 1400. The topological polar surface area (TPSA) is 107 Å². The number of rotatable bonds is 8. The number of amides is 3. The van der Waals surface area contributed by atoms with Crippen LogP contribution in [0.4, 0.5) is 0 Å². The Morgan fingerprint density at radius 1 is 0.833 bits per heavy atom. The third-order valence-electron chi connectivity index (χ3n) is 7.90. The van der Waals surface area contributed by atoms with Crippen molar-refractivity contribution in [1.29, 1.82) is 0 Å². The minimum atomic E-state index is -1.05. The SMILES string of the molecule is COc1ccc(C(=O)N2C(C(=O)NCc3ccccc3)COC23CCN(C(=O)c2c(OC)cccc2OC)CC3)cc1. The van der Waals surface area contributed by atoms with Gasteiger partial charge in [-0.05, 0) is 42.0 Å². The molecule has 3 amide bonds. The molecular formula is C32H35N3O7. The molecular weight excluding hydrogens is 538 g/mol. The summed E-state index contributed by atoms with van der Waals surface area (Å²) in [5, 5.41) is 2.97. The van der Waals surface area contributed by atoms with E-state index in [4.69, 9.17) is 18.9 Å². The van der Waals surface area contributed by atoms with E-state index < -0.39 is 11.8 Å². The van der Waals surface area contributed by atoms with E-state index in [0.717, 1.165) is 5.56 Å². The average Bonchev–Trinajstić information content (AvgIpc) is 3.41. The lowest BCUT2D eigenvalue weighted by atomic mass is 9.95. The van der Waals surface area contributed by atoms with Crippen LogP contribution in [0.2, 0.25) is 0 Å². The Hall–Kier alpha value is -4.57. The predicted octanol–water partition coefficient (Wildman–Crippen LogP) is 3.50. The number of ether oxygens (including phenoxy) is 4. The van der Waals surface area contributed by atoms with Gasteiger partial charge in [0, 0.05) is 38.0 Å². The Morgan fingerprint density at radius 2 is 1.48 bits per heavy atom. The summed E-state index contributed by atoms with van der Waals surface area (Å²) in [5.74, 6) is 0.611. The van der Waals surface area contributed by atoms with Crippen LogP contribution in [-0.2, 0) is 16.1 Å². The van der Waals surface area contributed by atoms with Gasteiger partial charge in [0.2, 0.25) is 5.91 Å². The molecule has 5 rings (SSSR count). The van der Waals surface area contributed by atoms with Crippen LogP contribution in [0.15, 0.2) is 72.8 Å². The van der Waals surface area contributed by atoms with Crippen LogP contribution < -0.4 is 19.5 Å². The largest absolute Gasteiger partial charge is 0.497 e. The number of piperidine rings is 1. The molecule has 1 unspecified atom stereocenters. The van der Waals surface area contributed by atoms with E-state index in [9.17, 15) is 14.4 Å². The van der Waals surface area contributed by atoms with E-state index in [-0.39, 0.29) is 24.3 Å². The zero-order chi connectivity index (χ0) is 29.7. The molecule has 1 spiro atoms. The first-order chi connectivity index (χ1) is 20.4. The van der Waals surface area contributed by atoms with E-state index in [2.05, 4.69) is 5.32 Å². The monoisotopic (exact) mass is 573 g/mol. The summed E-state index contributed by atoms with van der Waals surface area (Å²) in [5.41, 5.74) is 0.660. The summed E-state index contributed by atoms with van der Waals surface area (Å²) in [4.78, 5) is 44.4. The molecule has 2 heterocycles. The highest BCUT2D eigenvalue weighted by Crippen LogP contribution is 2.40. The molecule has 1 N–H and O–H groups in total. The quantitative estimate of drug-likeness (QED) is 0.440. The molecule has 2 fully saturated rings. The zero-order valence-electron chi connectivity index (χ0n) is 24.0. The maximum absolute atomic E-state index is 14.0. The summed E-state index contributed by atoms with van der Waals surface area (Å²) in [7, 11) is 4.58. The van der Waals surface area contributed by atoms with Crippen LogP contribution in [0.1, 0.15) is 39.1 Å². The van der Waals surface area contributed by atoms with Gasteiger partial charge in [-0.25, -0.2) is 0 Å². The second kappa shape index (κ2) is 12.5. The van der Waals surface area contributed by atoms with Crippen LogP contribution in [-0.4, -0.2) is 80.3 Å². The highest BCUT2D eigenvalue weighted by molar-refractivity contribution is 6.00. The van der Waals surface area contributed by atoms with Crippen molar-refractivity contribution < 1.29 is 33.3 Å². The van der Waals surface area contributed by atoms with Crippen LogP contribution in [0.5, 0.6) is 17.2 Å². The summed E-state index contributed by atoms with van der Waals surface area (Å²) < 4.78 is 22.5. The lowest BCUT2D eigenvalue weighted by Crippen LogP contribution is -2.59. The summed E-state index contributed by atoms with van der Waals surface area (Å²) >= 11 is 0. The highest BCUT2D eigenvalue weighted by atomic mass is 16.5. The van der Waals surface area contributed by atoms with Crippen LogP contribution >= 0.6 is 0 Å². The van der Waals surface area contributed by atoms with E-state index in [1.165, 1.54) is 14.2 Å². The van der Waals surface area contributed by atoms with E-state index >= 15 is 0 Å². The number of likely N-dealkylation sites (tertiary alicyclic amines) is 1. The van der Waals surface area contributed by atoms with Crippen LogP contribution in [0, 0.1) is 0 Å². The first-order valence-electron chi connectivity index (χ1n) is 13.8. The van der Waals surface area contributed by atoms with Gasteiger partial charge >= 0.3 is 0 Å².